The Bertz CT molecular complexity index is 620. The fourth-order valence-electron chi connectivity index (χ4n) is 2.59. The van der Waals surface area contributed by atoms with Crippen LogP contribution < -0.4 is 5.73 Å². The van der Waals surface area contributed by atoms with Gasteiger partial charge in [-0.05, 0) is 45.8 Å². The Morgan fingerprint density at radius 3 is 2.81 bits per heavy atom. The number of nitrogens with two attached hydrogens (primary N) is 1. The van der Waals surface area contributed by atoms with Gasteiger partial charge in [0.25, 0.3) is 5.89 Å². The van der Waals surface area contributed by atoms with E-state index in [0.717, 1.165) is 36.6 Å². The molecule has 7 nitrogen and oxygen atoms in total. The number of hydrogen-bond acceptors (Lipinski definition) is 7. The number of hydrogen-bond donors (Lipinski definition) is 1. The van der Waals surface area contributed by atoms with Gasteiger partial charge in [0.2, 0.25) is 0 Å². The first-order valence-corrected chi connectivity index (χ1v) is 7.26. The normalized spacial score (nSPS) is 17.3. The molecule has 0 saturated carbocycles. The maximum atomic E-state index is 6.18. The maximum absolute atomic E-state index is 6.18. The van der Waals surface area contributed by atoms with Crippen LogP contribution in [0.4, 0.5) is 0 Å². The monoisotopic (exact) mass is 288 g/mol. The largest absolute Gasteiger partial charge is 0.334 e. The minimum Gasteiger partial charge on any atom is -0.334 e. The van der Waals surface area contributed by atoms with Crippen molar-refractivity contribution >= 4 is 0 Å². The highest BCUT2D eigenvalue weighted by Gasteiger charge is 2.21. The molecule has 2 N–H and O–H groups in total. The lowest BCUT2D eigenvalue weighted by atomic mass is 10.2. The van der Waals surface area contributed by atoms with E-state index in [1.807, 2.05) is 19.9 Å². The molecule has 3 rings (SSSR count). The van der Waals surface area contributed by atoms with Gasteiger partial charge in [0.15, 0.2) is 5.82 Å². The third-order valence-corrected chi connectivity index (χ3v) is 3.76. The summed E-state index contributed by atoms with van der Waals surface area (Å²) >= 11 is 0. The zero-order valence-electron chi connectivity index (χ0n) is 12.4. The van der Waals surface area contributed by atoms with E-state index in [-0.39, 0.29) is 6.04 Å². The Hall–Kier alpha value is -1.86. The van der Waals surface area contributed by atoms with Crippen LogP contribution in [0.2, 0.25) is 0 Å². The molecule has 0 spiro atoms. The Labute approximate surface area is 123 Å². The average Bonchev–Trinajstić information content (AvgIpc) is 3.12. The molecule has 2 aromatic heterocycles. The molecule has 3 heterocycles. The topological polar surface area (TPSA) is 94.0 Å². The molecule has 21 heavy (non-hydrogen) atoms. The molecule has 1 fully saturated rings. The van der Waals surface area contributed by atoms with Gasteiger partial charge in [0.1, 0.15) is 0 Å². The second-order valence-electron chi connectivity index (χ2n) is 5.56. The molecular weight excluding hydrogens is 268 g/mol. The predicted molar refractivity (Wildman–Crippen MR) is 77.4 cm³/mol. The Morgan fingerprint density at radius 2 is 2.05 bits per heavy atom. The van der Waals surface area contributed by atoms with Crippen molar-refractivity contribution in [2.45, 2.75) is 32.7 Å². The lowest BCUT2D eigenvalue weighted by Gasteiger charge is -2.17. The lowest BCUT2D eigenvalue weighted by Crippen LogP contribution is -2.30. The van der Waals surface area contributed by atoms with E-state index >= 15 is 0 Å². The van der Waals surface area contributed by atoms with E-state index in [1.54, 1.807) is 0 Å². The molecule has 2 aromatic rings. The Balaban J connectivity index is 1.77. The third kappa shape index (κ3) is 3.08. The maximum Gasteiger partial charge on any atom is 0.259 e. The number of rotatable bonds is 4. The quantitative estimate of drug-likeness (QED) is 0.904. The zero-order valence-corrected chi connectivity index (χ0v) is 12.4. The van der Waals surface area contributed by atoms with Gasteiger partial charge in [-0.1, -0.05) is 5.16 Å². The molecule has 1 saturated heterocycles. The highest BCUT2D eigenvalue weighted by atomic mass is 16.5. The fourth-order valence-corrected chi connectivity index (χ4v) is 2.59. The van der Waals surface area contributed by atoms with Gasteiger partial charge in [0.05, 0.1) is 23.0 Å². The summed E-state index contributed by atoms with van der Waals surface area (Å²) in [7, 11) is 0. The van der Waals surface area contributed by atoms with Crippen molar-refractivity contribution in [3.05, 3.63) is 23.3 Å². The SMILES string of the molecule is Cc1cc(-c2nc(C(N)CN3CCCC3)no2)c(C)nn1. The van der Waals surface area contributed by atoms with Gasteiger partial charge in [-0.3, -0.25) is 0 Å². The van der Waals surface area contributed by atoms with Crippen LogP contribution in [0, 0.1) is 13.8 Å². The van der Waals surface area contributed by atoms with Crippen LogP contribution in [0.15, 0.2) is 10.6 Å². The van der Waals surface area contributed by atoms with Gasteiger partial charge in [-0.15, -0.1) is 0 Å². The molecule has 1 aliphatic heterocycles. The summed E-state index contributed by atoms with van der Waals surface area (Å²) in [5, 5.41) is 12.1. The molecule has 0 radical (unpaired) electrons. The highest BCUT2D eigenvalue weighted by molar-refractivity contribution is 5.55. The molecule has 1 unspecified atom stereocenters. The van der Waals surface area contributed by atoms with E-state index in [4.69, 9.17) is 10.3 Å². The standard InChI is InChI=1S/C14H20N6O/c1-9-7-11(10(2)18-17-9)14-16-13(19-21-14)12(15)8-20-5-3-4-6-20/h7,12H,3-6,8,15H2,1-2H3. The van der Waals surface area contributed by atoms with Crippen molar-refractivity contribution in [2.75, 3.05) is 19.6 Å². The van der Waals surface area contributed by atoms with E-state index in [2.05, 4.69) is 25.2 Å². The van der Waals surface area contributed by atoms with Crippen molar-refractivity contribution in [3.8, 4) is 11.5 Å². The van der Waals surface area contributed by atoms with E-state index in [1.165, 1.54) is 12.8 Å². The summed E-state index contributed by atoms with van der Waals surface area (Å²) in [6, 6.07) is 1.67. The van der Waals surface area contributed by atoms with Gasteiger partial charge >= 0.3 is 0 Å². The number of likely N-dealkylation sites (tertiary alicyclic amines) is 1. The minimum atomic E-state index is -0.225. The van der Waals surface area contributed by atoms with Gasteiger partial charge in [0, 0.05) is 6.54 Å². The molecule has 0 amide bonds. The van der Waals surface area contributed by atoms with Crippen LogP contribution >= 0.6 is 0 Å². The predicted octanol–water partition coefficient (Wildman–Crippen LogP) is 1.24. The smallest absolute Gasteiger partial charge is 0.259 e. The van der Waals surface area contributed by atoms with Crippen molar-refractivity contribution < 1.29 is 4.52 Å². The fraction of sp³-hybridized carbons (Fsp3) is 0.571. The van der Waals surface area contributed by atoms with Gasteiger partial charge in [-0.2, -0.15) is 15.2 Å². The first kappa shape index (κ1) is 14.1. The Morgan fingerprint density at radius 1 is 1.29 bits per heavy atom. The van der Waals surface area contributed by atoms with E-state index in [0.29, 0.717) is 11.7 Å². The van der Waals surface area contributed by atoms with Crippen LogP contribution in [0.3, 0.4) is 0 Å². The second-order valence-corrected chi connectivity index (χ2v) is 5.56. The molecule has 1 atom stereocenters. The van der Waals surface area contributed by atoms with Crippen molar-refractivity contribution in [1.82, 2.24) is 25.2 Å². The number of aromatic nitrogens is 4. The molecule has 0 aliphatic carbocycles. The first-order chi connectivity index (χ1) is 10.1. The Kier molecular flexibility index (Phi) is 3.94. The second kappa shape index (κ2) is 5.87. The van der Waals surface area contributed by atoms with Crippen LogP contribution in [0.5, 0.6) is 0 Å². The van der Waals surface area contributed by atoms with Crippen LogP contribution in [0.1, 0.15) is 36.1 Å². The van der Waals surface area contributed by atoms with Gasteiger partial charge in [-0.25, -0.2) is 0 Å². The molecule has 7 heteroatoms. The highest BCUT2D eigenvalue weighted by Crippen LogP contribution is 2.22. The van der Waals surface area contributed by atoms with E-state index in [9.17, 15) is 0 Å². The lowest BCUT2D eigenvalue weighted by molar-refractivity contribution is 0.306. The van der Waals surface area contributed by atoms with Crippen molar-refractivity contribution in [3.63, 3.8) is 0 Å². The van der Waals surface area contributed by atoms with Crippen molar-refractivity contribution in [1.29, 1.82) is 0 Å². The first-order valence-electron chi connectivity index (χ1n) is 7.26. The molecule has 0 aromatic carbocycles. The molecular formula is C14H20N6O. The minimum absolute atomic E-state index is 0.225. The van der Waals surface area contributed by atoms with Gasteiger partial charge < -0.3 is 15.2 Å². The van der Waals surface area contributed by atoms with Crippen molar-refractivity contribution in [2.24, 2.45) is 5.73 Å². The molecule has 1 aliphatic rings. The average molecular weight is 288 g/mol. The summed E-state index contributed by atoms with van der Waals surface area (Å²) in [6.07, 6.45) is 2.48. The van der Waals surface area contributed by atoms with E-state index < -0.39 is 0 Å². The number of nitrogens with zero attached hydrogens (tertiary/aromatic N) is 5. The molecule has 112 valence electrons. The van der Waals surface area contributed by atoms with Crippen LogP contribution in [-0.4, -0.2) is 44.9 Å². The number of aryl methyl sites for hydroxylation is 2. The summed E-state index contributed by atoms with van der Waals surface area (Å²) in [5.74, 6) is 1.00. The zero-order chi connectivity index (χ0) is 14.8. The third-order valence-electron chi connectivity index (χ3n) is 3.76. The van der Waals surface area contributed by atoms with Crippen LogP contribution in [-0.2, 0) is 0 Å². The summed E-state index contributed by atoms with van der Waals surface area (Å²) in [4.78, 5) is 6.76. The molecule has 0 bridgehead atoms. The van der Waals surface area contributed by atoms with Crippen LogP contribution in [0.25, 0.3) is 11.5 Å². The summed E-state index contributed by atoms with van der Waals surface area (Å²) < 4.78 is 5.34. The summed E-state index contributed by atoms with van der Waals surface area (Å²) in [5.41, 5.74) is 8.58. The summed E-state index contributed by atoms with van der Waals surface area (Å²) in [6.45, 7) is 6.73.